The van der Waals surface area contributed by atoms with E-state index in [9.17, 15) is 4.39 Å². The Morgan fingerprint density at radius 1 is 1.32 bits per heavy atom. The molecule has 0 saturated heterocycles. The van der Waals surface area contributed by atoms with Crippen LogP contribution in [-0.2, 0) is 0 Å². The molecule has 19 heavy (non-hydrogen) atoms. The standard InChI is InChI=1S/C14H24FN3O/c1-9(2)19-14-7-13(12(16)6-11(14)15)17-8-10(3)18(4)5/h6-7,9-10,17H,8,16H2,1-5H3. The third-order valence-corrected chi connectivity index (χ3v) is 2.94. The molecule has 1 aromatic rings. The maximum atomic E-state index is 13.7. The summed E-state index contributed by atoms with van der Waals surface area (Å²) in [7, 11) is 4.02. The molecule has 0 amide bonds. The molecule has 0 bridgehead atoms. The molecule has 1 rings (SSSR count). The van der Waals surface area contributed by atoms with Gasteiger partial charge < -0.3 is 20.7 Å². The van der Waals surface area contributed by atoms with Crippen LogP contribution in [-0.4, -0.2) is 37.7 Å². The van der Waals surface area contributed by atoms with Gasteiger partial charge in [-0.1, -0.05) is 0 Å². The summed E-state index contributed by atoms with van der Waals surface area (Å²) in [6.07, 6.45) is -0.0772. The fourth-order valence-corrected chi connectivity index (χ4v) is 1.51. The van der Waals surface area contributed by atoms with E-state index in [0.29, 0.717) is 17.4 Å². The second kappa shape index (κ2) is 6.61. The van der Waals surface area contributed by atoms with Gasteiger partial charge in [0.15, 0.2) is 11.6 Å². The van der Waals surface area contributed by atoms with E-state index in [4.69, 9.17) is 10.5 Å². The highest BCUT2D eigenvalue weighted by molar-refractivity contribution is 5.68. The molecule has 0 saturated carbocycles. The van der Waals surface area contributed by atoms with Crippen molar-refractivity contribution in [2.75, 3.05) is 31.7 Å². The highest BCUT2D eigenvalue weighted by Gasteiger charge is 2.11. The summed E-state index contributed by atoms with van der Waals surface area (Å²) in [5, 5.41) is 3.22. The molecule has 0 aromatic heterocycles. The lowest BCUT2D eigenvalue weighted by Gasteiger charge is -2.21. The Hall–Kier alpha value is -1.49. The van der Waals surface area contributed by atoms with Crippen molar-refractivity contribution in [1.82, 2.24) is 4.90 Å². The summed E-state index contributed by atoms with van der Waals surface area (Å²) in [4.78, 5) is 2.10. The van der Waals surface area contributed by atoms with Crippen molar-refractivity contribution >= 4 is 11.4 Å². The van der Waals surface area contributed by atoms with Crippen LogP contribution in [0.4, 0.5) is 15.8 Å². The summed E-state index contributed by atoms with van der Waals surface area (Å²) >= 11 is 0. The first kappa shape index (κ1) is 15.6. The van der Waals surface area contributed by atoms with Crippen LogP contribution in [0.5, 0.6) is 5.75 Å². The van der Waals surface area contributed by atoms with Crippen LogP contribution in [0.3, 0.4) is 0 Å². The predicted octanol–water partition coefficient (Wildman–Crippen LogP) is 2.56. The number of hydrogen-bond acceptors (Lipinski definition) is 4. The number of anilines is 2. The van der Waals surface area contributed by atoms with Gasteiger partial charge in [0, 0.05) is 24.7 Å². The van der Waals surface area contributed by atoms with E-state index >= 15 is 0 Å². The van der Waals surface area contributed by atoms with E-state index in [0.717, 1.165) is 6.54 Å². The smallest absolute Gasteiger partial charge is 0.167 e. The number of rotatable bonds is 6. The Labute approximate surface area is 114 Å². The average molecular weight is 269 g/mol. The second-order valence-corrected chi connectivity index (χ2v) is 5.23. The van der Waals surface area contributed by atoms with Gasteiger partial charge in [-0.2, -0.15) is 0 Å². The fourth-order valence-electron chi connectivity index (χ4n) is 1.51. The van der Waals surface area contributed by atoms with Gasteiger partial charge in [-0.3, -0.25) is 0 Å². The van der Waals surface area contributed by atoms with Crippen LogP contribution in [0.25, 0.3) is 0 Å². The maximum absolute atomic E-state index is 13.7. The molecule has 1 unspecified atom stereocenters. The van der Waals surface area contributed by atoms with E-state index in [1.807, 2.05) is 27.9 Å². The number of halogens is 1. The van der Waals surface area contributed by atoms with Crippen molar-refractivity contribution in [3.05, 3.63) is 17.9 Å². The largest absolute Gasteiger partial charge is 0.488 e. The first-order valence-electron chi connectivity index (χ1n) is 6.47. The Balaban J connectivity index is 2.82. The van der Waals surface area contributed by atoms with Crippen molar-refractivity contribution in [3.8, 4) is 5.75 Å². The number of nitrogen functional groups attached to an aromatic ring is 1. The number of likely N-dealkylation sites (N-methyl/N-ethyl adjacent to an activating group) is 1. The van der Waals surface area contributed by atoms with Crippen molar-refractivity contribution in [2.45, 2.75) is 32.9 Å². The maximum Gasteiger partial charge on any atom is 0.167 e. The fraction of sp³-hybridized carbons (Fsp3) is 0.571. The van der Waals surface area contributed by atoms with Crippen molar-refractivity contribution < 1.29 is 9.13 Å². The van der Waals surface area contributed by atoms with Gasteiger partial charge in [-0.15, -0.1) is 0 Å². The van der Waals surface area contributed by atoms with Crippen molar-refractivity contribution in [2.24, 2.45) is 0 Å². The van der Waals surface area contributed by atoms with E-state index < -0.39 is 5.82 Å². The van der Waals surface area contributed by atoms with E-state index in [1.165, 1.54) is 6.07 Å². The summed E-state index contributed by atoms with van der Waals surface area (Å²) < 4.78 is 19.1. The molecule has 1 aromatic carbocycles. The first-order chi connectivity index (χ1) is 8.81. The SMILES string of the molecule is CC(C)Oc1cc(NCC(C)N(C)C)c(N)cc1F. The zero-order valence-corrected chi connectivity index (χ0v) is 12.3. The molecular weight excluding hydrogens is 245 g/mol. The molecule has 0 fully saturated rings. The van der Waals surface area contributed by atoms with Gasteiger partial charge in [0.05, 0.1) is 17.5 Å². The molecule has 0 aliphatic carbocycles. The zero-order chi connectivity index (χ0) is 14.6. The molecule has 108 valence electrons. The third kappa shape index (κ3) is 4.59. The average Bonchev–Trinajstić information content (AvgIpc) is 2.30. The summed E-state index contributed by atoms with van der Waals surface area (Å²) in [5.74, 6) is -0.207. The number of nitrogens with zero attached hydrogens (tertiary/aromatic N) is 1. The van der Waals surface area contributed by atoms with Crippen molar-refractivity contribution in [1.29, 1.82) is 0 Å². The highest BCUT2D eigenvalue weighted by atomic mass is 19.1. The zero-order valence-electron chi connectivity index (χ0n) is 12.3. The van der Waals surface area contributed by atoms with Crippen LogP contribution < -0.4 is 15.8 Å². The van der Waals surface area contributed by atoms with Gasteiger partial charge in [0.1, 0.15) is 0 Å². The van der Waals surface area contributed by atoms with Gasteiger partial charge in [-0.05, 0) is 34.9 Å². The minimum atomic E-state index is -0.433. The lowest BCUT2D eigenvalue weighted by Crippen LogP contribution is -2.31. The number of nitrogens with two attached hydrogens (primary N) is 1. The molecule has 1 atom stereocenters. The molecule has 4 nitrogen and oxygen atoms in total. The van der Waals surface area contributed by atoms with E-state index in [-0.39, 0.29) is 11.9 Å². The summed E-state index contributed by atoms with van der Waals surface area (Å²) in [6, 6.07) is 3.26. The van der Waals surface area contributed by atoms with Crippen LogP contribution in [0.1, 0.15) is 20.8 Å². The number of nitrogens with one attached hydrogen (secondary N) is 1. The number of benzene rings is 1. The number of ether oxygens (including phenoxy) is 1. The molecular formula is C14H24FN3O. The van der Waals surface area contributed by atoms with Gasteiger partial charge in [0.2, 0.25) is 0 Å². The quantitative estimate of drug-likeness (QED) is 0.779. The minimum absolute atomic E-state index is 0.0772. The van der Waals surface area contributed by atoms with Crippen LogP contribution in [0.15, 0.2) is 12.1 Å². The Morgan fingerprint density at radius 3 is 2.47 bits per heavy atom. The van der Waals surface area contributed by atoms with Crippen molar-refractivity contribution in [3.63, 3.8) is 0 Å². The molecule has 0 heterocycles. The molecule has 3 N–H and O–H groups in total. The molecule has 0 radical (unpaired) electrons. The lowest BCUT2D eigenvalue weighted by molar-refractivity contribution is 0.231. The van der Waals surface area contributed by atoms with Crippen LogP contribution in [0.2, 0.25) is 0 Å². The number of hydrogen-bond donors (Lipinski definition) is 2. The van der Waals surface area contributed by atoms with E-state index in [2.05, 4.69) is 17.1 Å². The second-order valence-electron chi connectivity index (χ2n) is 5.23. The van der Waals surface area contributed by atoms with E-state index in [1.54, 1.807) is 6.07 Å². The molecule has 0 spiro atoms. The first-order valence-corrected chi connectivity index (χ1v) is 6.47. The van der Waals surface area contributed by atoms with Gasteiger partial charge in [0.25, 0.3) is 0 Å². The molecule has 0 aliphatic rings. The minimum Gasteiger partial charge on any atom is -0.488 e. The third-order valence-electron chi connectivity index (χ3n) is 2.94. The molecule has 5 heteroatoms. The lowest BCUT2D eigenvalue weighted by atomic mass is 10.2. The van der Waals surface area contributed by atoms with Crippen LogP contribution >= 0.6 is 0 Å². The normalized spacial score (nSPS) is 12.8. The van der Waals surface area contributed by atoms with Crippen LogP contribution in [0, 0.1) is 5.82 Å². The Bertz CT molecular complexity index is 421. The van der Waals surface area contributed by atoms with Gasteiger partial charge in [-0.25, -0.2) is 4.39 Å². The Kier molecular flexibility index (Phi) is 5.42. The summed E-state index contributed by atoms with van der Waals surface area (Å²) in [5.41, 5.74) is 6.90. The summed E-state index contributed by atoms with van der Waals surface area (Å²) in [6.45, 7) is 6.54. The monoisotopic (exact) mass is 269 g/mol. The predicted molar refractivity (Wildman–Crippen MR) is 78.2 cm³/mol. The molecule has 0 aliphatic heterocycles. The highest BCUT2D eigenvalue weighted by Crippen LogP contribution is 2.28. The van der Waals surface area contributed by atoms with Gasteiger partial charge >= 0.3 is 0 Å². The topological polar surface area (TPSA) is 50.5 Å². The Morgan fingerprint density at radius 2 is 1.95 bits per heavy atom.